The molecule has 1 heterocycles. The molecule has 0 unspecified atom stereocenters. The van der Waals surface area contributed by atoms with Gasteiger partial charge in [0, 0.05) is 13.5 Å². The van der Waals surface area contributed by atoms with Crippen LogP contribution < -0.4 is 10.6 Å². The molecule has 0 saturated carbocycles. The predicted molar refractivity (Wildman–Crippen MR) is 73.8 cm³/mol. The average Bonchev–Trinajstić information content (AvgIpc) is 2.96. The molecule has 1 aromatic heterocycles. The Morgan fingerprint density at radius 1 is 1.35 bits per heavy atom. The summed E-state index contributed by atoms with van der Waals surface area (Å²) in [6.45, 7) is 2.32. The second kappa shape index (κ2) is 6.81. The molecule has 0 fully saturated rings. The van der Waals surface area contributed by atoms with Crippen LogP contribution in [0.4, 0.5) is 0 Å². The molecule has 6 nitrogen and oxygen atoms in total. The van der Waals surface area contributed by atoms with Crippen molar-refractivity contribution in [3.05, 3.63) is 47.6 Å². The van der Waals surface area contributed by atoms with Crippen LogP contribution in [0.25, 0.3) is 0 Å². The maximum Gasteiger partial charge on any atom is 0.241 e. The highest BCUT2D eigenvalue weighted by atomic mass is 16.5. The minimum atomic E-state index is -0.440. The quantitative estimate of drug-likeness (QED) is 0.827. The number of rotatable bonds is 6. The summed E-state index contributed by atoms with van der Waals surface area (Å²) in [4.78, 5) is 16.2. The number of amides is 1. The first-order valence-corrected chi connectivity index (χ1v) is 6.56. The first kappa shape index (κ1) is 14.2. The Balaban J connectivity index is 2.07. The molecular weight excluding hydrogens is 256 g/mol. The van der Waals surface area contributed by atoms with Crippen molar-refractivity contribution in [3.8, 4) is 0 Å². The fraction of sp³-hybridized carbons (Fsp3) is 0.357. The van der Waals surface area contributed by atoms with E-state index in [1.165, 1.54) is 0 Å². The summed E-state index contributed by atoms with van der Waals surface area (Å²) in [6.07, 6.45) is 0.699. The second-order valence-corrected chi connectivity index (χ2v) is 4.30. The van der Waals surface area contributed by atoms with Crippen molar-refractivity contribution in [2.75, 3.05) is 7.05 Å². The Bertz CT molecular complexity index is 553. The van der Waals surface area contributed by atoms with Crippen molar-refractivity contribution in [2.24, 2.45) is 0 Å². The Hall–Kier alpha value is -2.21. The number of hydrogen-bond donors (Lipinski definition) is 2. The van der Waals surface area contributed by atoms with Gasteiger partial charge in [-0.2, -0.15) is 4.98 Å². The topological polar surface area (TPSA) is 80.0 Å². The van der Waals surface area contributed by atoms with E-state index in [0.29, 0.717) is 24.7 Å². The van der Waals surface area contributed by atoms with Crippen LogP contribution in [-0.4, -0.2) is 23.1 Å². The maximum atomic E-state index is 12.0. The molecule has 2 N–H and O–H groups in total. The molecular formula is C14H18N4O2. The van der Waals surface area contributed by atoms with Crippen LogP contribution in [0.3, 0.4) is 0 Å². The summed E-state index contributed by atoms with van der Waals surface area (Å²) in [7, 11) is 1.61. The predicted octanol–water partition coefficient (Wildman–Crippen LogP) is 1.21. The van der Waals surface area contributed by atoms with Gasteiger partial charge in [0.1, 0.15) is 6.04 Å². The number of nitrogens with one attached hydrogen (secondary N) is 2. The minimum Gasteiger partial charge on any atom is -0.358 e. The van der Waals surface area contributed by atoms with E-state index in [1.807, 2.05) is 37.3 Å². The van der Waals surface area contributed by atoms with Crippen molar-refractivity contribution in [1.82, 2.24) is 20.8 Å². The molecule has 0 saturated heterocycles. The van der Waals surface area contributed by atoms with Crippen molar-refractivity contribution >= 4 is 5.91 Å². The number of likely N-dealkylation sites (N-methyl/N-ethyl adjacent to an activating group) is 1. The average molecular weight is 274 g/mol. The number of carbonyl (C=O) groups excluding carboxylic acids is 1. The number of hydrogen-bond acceptors (Lipinski definition) is 5. The summed E-state index contributed by atoms with van der Waals surface area (Å²) in [6, 6.07) is 9.08. The zero-order valence-corrected chi connectivity index (χ0v) is 11.6. The van der Waals surface area contributed by atoms with Gasteiger partial charge < -0.3 is 9.84 Å². The number of benzene rings is 1. The third-order valence-electron chi connectivity index (χ3n) is 2.92. The molecule has 0 radical (unpaired) electrons. The van der Waals surface area contributed by atoms with Gasteiger partial charge in [-0.15, -0.1) is 0 Å². The van der Waals surface area contributed by atoms with E-state index in [-0.39, 0.29) is 5.91 Å². The van der Waals surface area contributed by atoms with Crippen LogP contribution in [0.15, 0.2) is 34.9 Å². The van der Waals surface area contributed by atoms with E-state index < -0.39 is 6.04 Å². The van der Waals surface area contributed by atoms with Gasteiger partial charge in [0.25, 0.3) is 0 Å². The van der Waals surface area contributed by atoms with E-state index in [1.54, 1.807) is 7.05 Å². The van der Waals surface area contributed by atoms with Gasteiger partial charge in [-0.1, -0.05) is 42.4 Å². The van der Waals surface area contributed by atoms with Crippen molar-refractivity contribution in [2.45, 2.75) is 25.9 Å². The molecule has 0 spiro atoms. The van der Waals surface area contributed by atoms with Crippen LogP contribution in [0, 0.1) is 0 Å². The summed E-state index contributed by atoms with van der Waals surface area (Å²) >= 11 is 0. The zero-order chi connectivity index (χ0) is 14.4. The third-order valence-corrected chi connectivity index (χ3v) is 2.92. The summed E-state index contributed by atoms with van der Waals surface area (Å²) < 4.78 is 5.04. The van der Waals surface area contributed by atoms with Crippen LogP contribution >= 0.6 is 0 Å². The van der Waals surface area contributed by atoms with Crippen LogP contribution in [-0.2, 0) is 17.8 Å². The van der Waals surface area contributed by atoms with Crippen molar-refractivity contribution < 1.29 is 9.32 Å². The normalized spacial score (nSPS) is 12.1. The fourth-order valence-corrected chi connectivity index (χ4v) is 1.85. The largest absolute Gasteiger partial charge is 0.358 e. The third kappa shape index (κ3) is 3.42. The molecule has 0 aliphatic carbocycles. The summed E-state index contributed by atoms with van der Waals surface area (Å²) in [5.41, 5.74) is 0.894. The molecule has 1 atom stereocenters. The van der Waals surface area contributed by atoms with Crippen LogP contribution in [0.1, 0.15) is 30.2 Å². The highest BCUT2D eigenvalue weighted by Crippen LogP contribution is 2.13. The van der Waals surface area contributed by atoms with Gasteiger partial charge in [0.2, 0.25) is 11.8 Å². The Morgan fingerprint density at radius 2 is 2.10 bits per heavy atom. The van der Waals surface area contributed by atoms with Crippen molar-refractivity contribution in [1.29, 1.82) is 0 Å². The lowest BCUT2D eigenvalue weighted by atomic mass is 10.1. The van der Waals surface area contributed by atoms with E-state index >= 15 is 0 Å². The first-order chi connectivity index (χ1) is 9.74. The van der Waals surface area contributed by atoms with Gasteiger partial charge >= 0.3 is 0 Å². The SMILES string of the molecule is CCc1nc(CN[C@@H](C(=O)NC)c2ccccc2)no1. The van der Waals surface area contributed by atoms with Crippen molar-refractivity contribution in [3.63, 3.8) is 0 Å². The Kier molecular flexibility index (Phi) is 4.84. The molecule has 0 aliphatic rings. The van der Waals surface area contributed by atoms with Crippen LogP contribution in [0.5, 0.6) is 0 Å². The van der Waals surface area contributed by atoms with E-state index in [4.69, 9.17) is 4.52 Å². The van der Waals surface area contributed by atoms with Gasteiger partial charge in [0.15, 0.2) is 5.82 Å². The molecule has 6 heteroatoms. The summed E-state index contributed by atoms with van der Waals surface area (Å²) in [5.74, 6) is 1.04. The Morgan fingerprint density at radius 3 is 2.70 bits per heavy atom. The van der Waals surface area contributed by atoms with E-state index in [9.17, 15) is 4.79 Å². The molecule has 0 aliphatic heterocycles. The zero-order valence-electron chi connectivity index (χ0n) is 11.6. The standard InChI is InChI=1S/C14H18N4O2/c1-3-12-17-11(18-20-12)9-16-13(14(19)15-2)10-7-5-4-6-8-10/h4-8,13,16H,3,9H2,1-2H3,(H,15,19)/t13-/m1/s1. The lowest BCUT2D eigenvalue weighted by Gasteiger charge is -2.16. The molecule has 0 bridgehead atoms. The lowest BCUT2D eigenvalue weighted by molar-refractivity contribution is -0.122. The number of carbonyl (C=O) groups is 1. The molecule has 2 rings (SSSR count). The monoisotopic (exact) mass is 274 g/mol. The molecule has 106 valence electrons. The van der Waals surface area contributed by atoms with Gasteiger partial charge in [-0.05, 0) is 5.56 Å². The smallest absolute Gasteiger partial charge is 0.241 e. The molecule has 1 amide bonds. The van der Waals surface area contributed by atoms with E-state index in [0.717, 1.165) is 5.56 Å². The maximum absolute atomic E-state index is 12.0. The molecule has 20 heavy (non-hydrogen) atoms. The van der Waals surface area contributed by atoms with E-state index in [2.05, 4.69) is 20.8 Å². The second-order valence-electron chi connectivity index (χ2n) is 4.30. The van der Waals surface area contributed by atoms with Gasteiger partial charge in [-0.25, -0.2) is 0 Å². The summed E-state index contributed by atoms with van der Waals surface area (Å²) in [5, 5.41) is 9.65. The fourth-order valence-electron chi connectivity index (χ4n) is 1.85. The number of aromatic nitrogens is 2. The number of nitrogens with zero attached hydrogens (tertiary/aromatic N) is 2. The lowest BCUT2D eigenvalue weighted by Crippen LogP contribution is -2.35. The molecule has 1 aromatic carbocycles. The highest BCUT2D eigenvalue weighted by molar-refractivity contribution is 5.82. The minimum absolute atomic E-state index is 0.101. The van der Waals surface area contributed by atoms with Gasteiger partial charge in [-0.3, -0.25) is 10.1 Å². The van der Waals surface area contributed by atoms with Crippen LogP contribution in [0.2, 0.25) is 0 Å². The highest BCUT2D eigenvalue weighted by Gasteiger charge is 2.19. The Labute approximate surface area is 117 Å². The first-order valence-electron chi connectivity index (χ1n) is 6.56. The number of aryl methyl sites for hydroxylation is 1. The van der Waals surface area contributed by atoms with Gasteiger partial charge in [0.05, 0.1) is 6.54 Å². The molecule has 2 aromatic rings.